The Bertz CT molecular complexity index is 839. The van der Waals surface area contributed by atoms with Crippen LogP contribution in [0.2, 0.25) is 0 Å². The first-order valence-electron chi connectivity index (χ1n) is 8.09. The summed E-state index contributed by atoms with van der Waals surface area (Å²) in [6, 6.07) is 15.4. The third kappa shape index (κ3) is 4.45. The standard InChI is InChI=1S/C20H20N2O2S/c1-14-13-25-20(22-14)17-7-5-16(6-8-17)19(23)21-12-11-15-3-9-18(24-2)10-4-15/h3-10,13H,11-12H2,1-2H3,(H,21,23). The summed E-state index contributed by atoms with van der Waals surface area (Å²) < 4.78 is 5.14. The van der Waals surface area contributed by atoms with Crippen molar-refractivity contribution in [1.82, 2.24) is 10.3 Å². The second-order valence-electron chi connectivity index (χ2n) is 5.73. The molecule has 0 radical (unpaired) electrons. The van der Waals surface area contributed by atoms with E-state index in [1.54, 1.807) is 18.4 Å². The fourth-order valence-corrected chi connectivity index (χ4v) is 3.27. The molecular formula is C20H20N2O2S. The van der Waals surface area contributed by atoms with Gasteiger partial charge in [-0.3, -0.25) is 4.79 Å². The summed E-state index contributed by atoms with van der Waals surface area (Å²) in [5.74, 6) is 0.777. The monoisotopic (exact) mass is 352 g/mol. The lowest BCUT2D eigenvalue weighted by atomic mass is 10.1. The lowest BCUT2D eigenvalue weighted by Crippen LogP contribution is -2.25. The van der Waals surface area contributed by atoms with E-state index in [1.165, 1.54) is 0 Å². The molecule has 0 aliphatic heterocycles. The van der Waals surface area contributed by atoms with E-state index in [0.717, 1.165) is 34.0 Å². The minimum atomic E-state index is -0.0598. The van der Waals surface area contributed by atoms with Crippen LogP contribution in [0, 0.1) is 6.92 Å². The maximum atomic E-state index is 12.2. The topological polar surface area (TPSA) is 51.2 Å². The fraction of sp³-hybridized carbons (Fsp3) is 0.200. The Labute approximate surface area is 151 Å². The van der Waals surface area contributed by atoms with Crippen LogP contribution in [0.15, 0.2) is 53.9 Å². The Morgan fingerprint density at radius 3 is 2.44 bits per heavy atom. The zero-order valence-electron chi connectivity index (χ0n) is 14.3. The summed E-state index contributed by atoms with van der Waals surface area (Å²) >= 11 is 1.61. The summed E-state index contributed by atoms with van der Waals surface area (Å²) in [7, 11) is 1.65. The molecule has 2 aromatic carbocycles. The Morgan fingerprint density at radius 1 is 1.12 bits per heavy atom. The van der Waals surface area contributed by atoms with E-state index in [1.807, 2.05) is 60.8 Å². The molecule has 5 heteroatoms. The predicted octanol–water partition coefficient (Wildman–Crippen LogP) is 4.10. The van der Waals surface area contributed by atoms with Crippen molar-refractivity contribution in [2.24, 2.45) is 0 Å². The van der Waals surface area contributed by atoms with Gasteiger partial charge < -0.3 is 10.1 Å². The molecule has 0 bridgehead atoms. The third-order valence-electron chi connectivity index (χ3n) is 3.87. The average molecular weight is 352 g/mol. The lowest BCUT2D eigenvalue weighted by Gasteiger charge is -2.07. The summed E-state index contributed by atoms with van der Waals surface area (Å²) in [4.78, 5) is 16.7. The van der Waals surface area contributed by atoms with E-state index >= 15 is 0 Å². The van der Waals surface area contributed by atoms with Gasteiger partial charge in [0, 0.05) is 28.7 Å². The highest BCUT2D eigenvalue weighted by atomic mass is 32.1. The molecule has 0 spiro atoms. The molecular weight excluding hydrogens is 332 g/mol. The van der Waals surface area contributed by atoms with Crippen LogP contribution >= 0.6 is 11.3 Å². The number of hydrogen-bond donors (Lipinski definition) is 1. The second kappa shape index (κ2) is 7.94. The maximum absolute atomic E-state index is 12.2. The minimum absolute atomic E-state index is 0.0598. The molecule has 0 aliphatic rings. The number of ether oxygens (including phenoxy) is 1. The Hall–Kier alpha value is -2.66. The number of aryl methyl sites for hydroxylation is 1. The number of carbonyl (C=O) groups excluding carboxylic acids is 1. The highest BCUT2D eigenvalue weighted by molar-refractivity contribution is 7.13. The lowest BCUT2D eigenvalue weighted by molar-refractivity contribution is 0.0954. The van der Waals surface area contributed by atoms with E-state index in [9.17, 15) is 4.79 Å². The number of amides is 1. The smallest absolute Gasteiger partial charge is 0.251 e. The van der Waals surface area contributed by atoms with Crippen molar-refractivity contribution >= 4 is 17.2 Å². The number of nitrogens with one attached hydrogen (secondary N) is 1. The van der Waals surface area contributed by atoms with Crippen LogP contribution in [0.5, 0.6) is 5.75 Å². The quantitative estimate of drug-likeness (QED) is 0.727. The van der Waals surface area contributed by atoms with Crippen molar-refractivity contribution in [3.05, 3.63) is 70.7 Å². The van der Waals surface area contributed by atoms with Gasteiger partial charge in [-0.15, -0.1) is 11.3 Å². The predicted molar refractivity (Wildman–Crippen MR) is 101 cm³/mol. The average Bonchev–Trinajstić information content (AvgIpc) is 3.09. The van der Waals surface area contributed by atoms with Gasteiger partial charge in [-0.25, -0.2) is 4.98 Å². The van der Waals surface area contributed by atoms with Gasteiger partial charge in [0.1, 0.15) is 10.8 Å². The van der Waals surface area contributed by atoms with Crippen LogP contribution in [0.1, 0.15) is 21.6 Å². The second-order valence-corrected chi connectivity index (χ2v) is 6.58. The highest BCUT2D eigenvalue weighted by Gasteiger charge is 2.07. The van der Waals surface area contributed by atoms with Crippen LogP contribution in [-0.2, 0) is 6.42 Å². The van der Waals surface area contributed by atoms with E-state index in [-0.39, 0.29) is 5.91 Å². The van der Waals surface area contributed by atoms with Gasteiger partial charge in [-0.2, -0.15) is 0 Å². The maximum Gasteiger partial charge on any atom is 0.251 e. The van der Waals surface area contributed by atoms with E-state index < -0.39 is 0 Å². The summed E-state index contributed by atoms with van der Waals surface area (Å²) in [6.07, 6.45) is 0.784. The summed E-state index contributed by atoms with van der Waals surface area (Å²) in [5, 5.41) is 5.96. The van der Waals surface area contributed by atoms with Gasteiger partial charge in [-0.05, 0) is 43.2 Å². The molecule has 1 amide bonds. The Morgan fingerprint density at radius 2 is 1.84 bits per heavy atom. The number of hydrogen-bond acceptors (Lipinski definition) is 4. The molecule has 4 nitrogen and oxygen atoms in total. The number of methoxy groups -OCH3 is 1. The Kier molecular flexibility index (Phi) is 5.46. The number of thiazole rings is 1. The van der Waals surface area contributed by atoms with Gasteiger partial charge in [-0.1, -0.05) is 24.3 Å². The van der Waals surface area contributed by atoms with Crippen LogP contribution in [-0.4, -0.2) is 24.5 Å². The number of aromatic nitrogens is 1. The number of benzene rings is 2. The summed E-state index contributed by atoms with van der Waals surface area (Å²) in [5.41, 5.74) is 3.87. The molecule has 0 aliphatic carbocycles. The van der Waals surface area contributed by atoms with Crippen molar-refractivity contribution in [2.45, 2.75) is 13.3 Å². The molecule has 0 atom stereocenters. The molecule has 1 aromatic heterocycles. The van der Waals surface area contributed by atoms with Crippen LogP contribution in [0.3, 0.4) is 0 Å². The van der Waals surface area contributed by atoms with Gasteiger partial charge in [0.15, 0.2) is 0 Å². The van der Waals surface area contributed by atoms with E-state index in [4.69, 9.17) is 4.74 Å². The van der Waals surface area contributed by atoms with E-state index in [2.05, 4.69) is 10.3 Å². The first-order valence-corrected chi connectivity index (χ1v) is 8.97. The SMILES string of the molecule is COc1ccc(CCNC(=O)c2ccc(-c3nc(C)cs3)cc2)cc1. The molecule has 1 N–H and O–H groups in total. The zero-order valence-corrected chi connectivity index (χ0v) is 15.1. The molecule has 3 aromatic rings. The highest BCUT2D eigenvalue weighted by Crippen LogP contribution is 2.23. The zero-order chi connectivity index (χ0) is 17.6. The van der Waals surface area contributed by atoms with E-state index in [0.29, 0.717) is 12.1 Å². The van der Waals surface area contributed by atoms with Crippen molar-refractivity contribution in [1.29, 1.82) is 0 Å². The van der Waals surface area contributed by atoms with Crippen molar-refractivity contribution in [3.63, 3.8) is 0 Å². The first kappa shape index (κ1) is 17.2. The van der Waals surface area contributed by atoms with Crippen molar-refractivity contribution in [3.8, 4) is 16.3 Å². The van der Waals surface area contributed by atoms with Gasteiger partial charge in [0.2, 0.25) is 0 Å². The number of nitrogens with zero attached hydrogens (tertiary/aromatic N) is 1. The Balaban J connectivity index is 1.54. The normalized spacial score (nSPS) is 10.5. The van der Waals surface area contributed by atoms with Crippen LogP contribution < -0.4 is 10.1 Å². The molecule has 1 heterocycles. The first-order chi connectivity index (χ1) is 12.2. The van der Waals surface area contributed by atoms with Crippen molar-refractivity contribution in [2.75, 3.05) is 13.7 Å². The third-order valence-corrected chi connectivity index (χ3v) is 4.88. The van der Waals surface area contributed by atoms with Gasteiger partial charge >= 0.3 is 0 Å². The largest absolute Gasteiger partial charge is 0.497 e. The number of rotatable bonds is 6. The minimum Gasteiger partial charge on any atom is -0.497 e. The summed E-state index contributed by atoms with van der Waals surface area (Å²) in [6.45, 7) is 2.57. The molecule has 25 heavy (non-hydrogen) atoms. The molecule has 0 unspecified atom stereocenters. The van der Waals surface area contributed by atoms with Crippen molar-refractivity contribution < 1.29 is 9.53 Å². The van der Waals surface area contributed by atoms with Crippen LogP contribution in [0.4, 0.5) is 0 Å². The fourth-order valence-electron chi connectivity index (χ4n) is 2.47. The molecule has 0 saturated heterocycles. The number of carbonyl (C=O) groups is 1. The molecule has 0 fully saturated rings. The molecule has 0 saturated carbocycles. The van der Waals surface area contributed by atoms with Crippen LogP contribution in [0.25, 0.3) is 10.6 Å². The molecule has 3 rings (SSSR count). The van der Waals surface area contributed by atoms with Gasteiger partial charge in [0.25, 0.3) is 5.91 Å². The molecule has 128 valence electrons. The van der Waals surface area contributed by atoms with Gasteiger partial charge in [0.05, 0.1) is 7.11 Å².